The monoisotopic (exact) mass is 348 g/mol. The normalized spacial score (nSPS) is 38.2. The summed E-state index contributed by atoms with van der Waals surface area (Å²) >= 11 is 5.34. The van der Waals surface area contributed by atoms with Crippen LogP contribution < -0.4 is 0 Å². The molecule has 1 fully saturated rings. The molecule has 0 radical (unpaired) electrons. The minimum atomic E-state index is -6.16. The maximum Gasteiger partial charge on any atom is 0.426 e. The lowest BCUT2D eigenvalue weighted by atomic mass is 9.71. The van der Waals surface area contributed by atoms with E-state index < -0.39 is 54.0 Å². The first-order valence-corrected chi connectivity index (χ1v) is 5.92. The van der Waals surface area contributed by atoms with Crippen LogP contribution in [-0.4, -0.2) is 41.1 Å². The van der Waals surface area contributed by atoms with Crippen LogP contribution in [0.5, 0.6) is 0 Å². The third kappa shape index (κ3) is 2.91. The predicted octanol–water partition coefficient (Wildman–Crippen LogP) is 3.86. The van der Waals surface area contributed by atoms with Gasteiger partial charge in [0.15, 0.2) is 0 Å². The highest BCUT2D eigenvalue weighted by Gasteiger charge is 2.81. The summed E-state index contributed by atoms with van der Waals surface area (Å²) in [6.07, 6.45) is -18.4. The highest BCUT2D eigenvalue weighted by atomic mass is 35.5. The predicted molar refractivity (Wildman–Crippen MR) is 54.2 cm³/mol. The van der Waals surface area contributed by atoms with Gasteiger partial charge in [0.25, 0.3) is 5.67 Å². The summed E-state index contributed by atoms with van der Waals surface area (Å²) in [6, 6.07) is 0. The largest absolute Gasteiger partial charge is 0.461 e. The molecule has 0 aromatic carbocycles. The van der Waals surface area contributed by atoms with Crippen molar-refractivity contribution in [2.45, 2.75) is 54.9 Å². The summed E-state index contributed by atoms with van der Waals surface area (Å²) in [5.74, 6) is -1.17. The molecule has 0 aromatic heterocycles. The highest BCUT2D eigenvalue weighted by molar-refractivity contribution is 6.21. The van der Waals surface area contributed by atoms with Crippen LogP contribution >= 0.6 is 11.6 Å². The van der Waals surface area contributed by atoms with Gasteiger partial charge in [0, 0.05) is 19.8 Å². The van der Waals surface area contributed by atoms with E-state index in [0.717, 1.165) is 6.92 Å². The van der Waals surface area contributed by atoms with E-state index in [2.05, 4.69) is 4.74 Å². The Morgan fingerprint density at radius 3 is 1.76 bits per heavy atom. The fourth-order valence-corrected chi connectivity index (χ4v) is 2.49. The maximum absolute atomic E-state index is 14.0. The molecule has 0 aliphatic heterocycles. The molecule has 0 bridgehead atoms. The fraction of sp³-hybridized carbons (Fsp3) is 0.900. The molecule has 4 atom stereocenters. The molecule has 1 aliphatic carbocycles. The van der Waals surface area contributed by atoms with Crippen molar-refractivity contribution in [1.29, 1.82) is 0 Å². The Kier molecular flexibility index (Phi) is 4.46. The lowest BCUT2D eigenvalue weighted by Crippen LogP contribution is -2.70. The van der Waals surface area contributed by atoms with Crippen LogP contribution in [0.25, 0.3) is 0 Å². The number of rotatable bonds is 1. The van der Waals surface area contributed by atoms with E-state index in [1.54, 1.807) is 0 Å². The molecule has 2 nitrogen and oxygen atoms in total. The van der Waals surface area contributed by atoms with Crippen LogP contribution in [0.2, 0.25) is 0 Å². The van der Waals surface area contributed by atoms with Crippen molar-refractivity contribution < 1.29 is 44.7 Å². The molecule has 0 unspecified atom stereocenters. The van der Waals surface area contributed by atoms with Crippen LogP contribution in [0.1, 0.15) is 19.8 Å². The van der Waals surface area contributed by atoms with Gasteiger partial charge in [-0.1, -0.05) is 0 Å². The van der Waals surface area contributed by atoms with Crippen molar-refractivity contribution in [1.82, 2.24) is 0 Å². The van der Waals surface area contributed by atoms with Gasteiger partial charge < -0.3 is 4.74 Å². The van der Waals surface area contributed by atoms with Gasteiger partial charge in [0.1, 0.15) is 6.10 Å². The number of esters is 1. The maximum atomic E-state index is 14.0. The zero-order chi connectivity index (χ0) is 16.9. The second-order valence-corrected chi connectivity index (χ2v) is 5.23. The molecule has 0 aromatic rings. The number of hydrogen-bond donors (Lipinski definition) is 0. The SMILES string of the molecule is CC(=O)O[C@@H]1C[C@@](F)(C(F)(F)F)[C@@](F)(C(F)(F)F)C[C@@H]1Cl. The highest BCUT2D eigenvalue weighted by Crippen LogP contribution is 2.59. The first-order valence-electron chi connectivity index (χ1n) is 5.48. The zero-order valence-corrected chi connectivity index (χ0v) is 11.0. The van der Waals surface area contributed by atoms with Crippen molar-refractivity contribution in [3.05, 3.63) is 0 Å². The molecular formula is C10H9ClF8O2. The van der Waals surface area contributed by atoms with Gasteiger partial charge >= 0.3 is 18.3 Å². The van der Waals surface area contributed by atoms with Gasteiger partial charge in [-0.3, -0.25) is 4.79 Å². The van der Waals surface area contributed by atoms with Gasteiger partial charge in [-0.05, 0) is 0 Å². The second kappa shape index (κ2) is 5.13. The second-order valence-electron chi connectivity index (χ2n) is 4.67. The third-order valence-corrected chi connectivity index (χ3v) is 3.64. The summed E-state index contributed by atoms with van der Waals surface area (Å²) in [5, 5.41) is -1.95. The van der Waals surface area contributed by atoms with E-state index in [4.69, 9.17) is 11.6 Å². The summed E-state index contributed by atoms with van der Waals surface area (Å²) in [7, 11) is 0. The van der Waals surface area contributed by atoms with E-state index >= 15 is 0 Å². The van der Waals surface area contributed by atoms with E-state index in [1.165, 1.54) is 0 Å². The Morgan fingerprint density at radius 2 is 1.43 bits per heavy atom. The molecule has 0 amide bonds. The van der Waals surface area contributed by atoms with Gasteiger partial charge in [0.2, 0.25) is 5.67 Å². The average Bonchev–Trinajstić information content (AvgIpc) is 2.22. The molecular weight excluding hydrogens is 340 g/mol. The van der Waals surface area contributed by atoms with E-state index in [9.17, 15) is 39.9 Å². The quantitative estimate of drug-likeness (QED) is 0.409. The van der Waals surface area contributed by atoms with Crippen molar-refractivity contribution in [2.75, 3.05) is 0 Å². The van der Waals surface area contributed by atoms with Crippen LogP contribution in [0.4, 0.5) is 35.1 Å². The molecule has 11 heteroatoms. The lowest BCUT2D eigenvalue weighted by Gasteiger charge is -2.47. The van der Waals surface area contributed by atoms with Crippen LogP contribution in [0.3, 0.4) is 0 Å². The molecule has 0 N–H and O–H groups in total. The molecule has 1 rings (SSSR count). The molecule has 0 spiro atoms. The van der Waals surface area contributed by atoms with Crippen molar-refractivity contribution in [3.8, 4) is 0 Å². The van der Waals surface area contributed by atoms with Crippen molar-refractivity contribution in [3.63, 3.8) is 0 Å². The standard InChI is InChI=1S/C10H9ClF8O2/c1-4(20)21-6-3-8(13,10(17,18)19)7(12,2-5(6)11)9(14,15)16/h5-6H,2-3H2,1H3/t5-,6+,7+,8-/m0/s1. The average molecular weight is 349 g/mol. The first kappa shape index (κ1) is 18.2. The summed E-state index contributed by atoms with van der Waals surface area (Å²) < 4.78 is 108. The van der Waals surface area contributed by atoms with E-state index in [-0.39, 0.29) is 0 Å². The third-order valence-electron chi connectivity index (χ3n) is 3.21. The van der Waals surface area contributed by atoms with E-state index in [0.29, 0.717) is 0 Å². The van der Waals surface area contributed by atoms with Gasteiger partial charge in [-0.2, -0.15) is 26.3 Å². The van der Waals surface area contributed by atoms with Gasteiger partial charge in [0.05, 0.1) is 5.38 Å². The topological polar surface area (TPSA) is 26.3 Å². The van der Waals surface area contributed by atoms with Gasteiger partial charge in [-0.15, -0.1) is 11.6 Å². The Hall–Kier alpha value is -0.800. The molecule has 21 heavy (non-hydrogen) atoms. The first-order chi connectivity index (χ1) is 9.16. The molecule has 0 saturated heterocycles. The van der Waals surface area contributed by atoms with Crippen LogP contribution in [0.15, 0.2) is 0 Å². The van der Waals surface area contributed by atoms with Crippen LogP contribution in [0, 0.1) is 0 Å². The summed E-state index contributed by atoms with van der Waals surface area (Å²) in [4.78, 5) is 10.7. The van der Waals surface area contributed by atoms with E-state index in [1.807, 2.05) is 0 Å². The minimum Gasteiger partial charge on any atom is -0.461 e. The van der Waals surface area contributed by atoms with Crippen molar-refractivity contribution >= 4 is 17.6 Å². The number of carbonyl (C=O) groups excluding carboxylic acids is 1. The Balaban J connectivity index is 3.32. The molecule has 124 valence electrons. The Bertz CT molecular complexity index is 422. The summed E-state index contributed by atoms with van der Waals surface area (Å²) in [5.41, 5.74) is -10.5. The minimum absolute atomic E-state index is 0.748. The number of hydrogen-bond acceptors (Lipinski definition) is 2. The number of alkyl halides is 9. The molecule has 1 saturated carbocycles. The molecule has 0 heterocycles. The van der Waals surface area contributed by atoms with Gasteiger partial charge in [-0.25, -0.2) is 8.78 Å². The smallest absolute Gasteiger partial charge is 0.426 e. The number of halogens is 9. The summed E-state index contributed by atoms with van der Waals surface area (Å²) in [6.45, 7) is 0.748. The lowest BCUT2D eigenvalue weighted by molar-refractivity contribution is -0.358. The number of carbonyl (C=O) groups is 1. The van der Waals surface area contributed by atoms with Crippen molar-refractivity contribution in [2.24, 2.45) is 0 Å². The molecule has 1 aliphatic rings. The Labute approximate surface area is 118 Å². The number of ether oxygens (including phenoxy) is 1. The fourth-order valence-electron chi connectivity index (χ4n) is 2.14. The Morgan fingerprint density at radius 1 is 1.05 bits per heavy atom. The zero-order valence-electron chi connectivity index (χ0n) is 10.3. The van der Waals surface area contributed by atoms with Crippen LogP contribution in [-0.2, 0) is 9.53 Å².